The molecule has 1 fully saturated rings. The minimum Gasteiger partial charge on any atom is -0.480 e. The number of unbranched alkanes of at least 4 members (excludes halogenated alkanes) is 1. The van der Waals surface area contributed by atoms with E-state index in [2.05, 4.69) is 0 Å². The Balaban J connectivity index is 1.98. The molecule has 0 bridgehead atoms. The minimum atomic E-state index is -0.868. The number of aliphatic carboxylic acids is 1. The molecule has 3 N–H and O–H groups in total. The van der Waals surface area contributed by atoms with E-state index in [1.54, 1.807) is 0 Å². The molecule has 0 aromatic rings. The lowest BCUT2D eigenvalue weighted by molar-refractivity contribution is -0.138. The van der Waals surface area contributed by atoms with Gasteiger partial charge in [0.2, 0.25) is 0 Å². The fourth-order valence-electron chi connectivity index (χ4n) is 2.40. The number of hydrogen-bond acceptors (Lipinski definition) is 2. The smallest absolute Gasteiger partial charge is 0.320 e. The first-order chi connectivity index (χ1) is 7.20. The number of carboxylic acids is 1. The van der Waals surface area contributed by atoms with Crippen molar-refractivity contribution in [2.75, 3.05) is 0 Å². The minimum absolute atomic E-state index is 0.627. The second-order valence-electron chi connectivity index (χ2n) is 4.73. The van der Waals surface area contributed by atoms with Gasteiger partial charge >= 0.3 is 5.97 Å². The highest BCUT2D eigenvalue weighted by Crippen LogP contribution is 2.27. The first kappa shape index (κ1) is 12.5. The zero-order valence-electron chi connectivity index (χ0n) is 9.45. The second kappa shape index (κ2) is 6.83. The third kappa shape index (κ3) is 5.17. The number of carbonyl (C=O) groups is 1. The number of carboxylic acid groups (broad SMARTS) is 1. The molecule has 15 heavy (non-hydrogen) atoms. The number of rotatable bonds is 6. The molecule has 3 heteroatoms. The highest BCUT2D eigenvalue weighted by molar-refractivity contribution is 5.72. The van der Waals surface area contributed by atoms with Gasteiger partial charge in [-0.25, -0.2) is 0 Å². The standard InChI is InChI=1S/C12H23NO2/c13-11(12(14)15)9-5-4-8-10-6-2-1-3-7-10/h10-11H,1-9,13H2,(H,14,15). The van der Waals surface area contributed by atoms with Crippen molar-refractivity contribution in [3.05, 3.63) is 0 Å². The molecule has 1 aliphatic rings. The lowest BCUT2D eigenvalue weighted by Crippen LogP contribution is -2.29. The Kier molecular flexibility index (Phi) is 5.69. The summed E-state index contributed by atoms with van der Waals surface area (Å²) in [5.41, 5.74) is 5.44. The molecule has 0 spiro atoms. The van der Waals surface area contributed by atoms with Crippen molar-refractivity contribution >= 4 is 5.97 Å². The van der Waals surface area contributed by atoms with E-state index in [0.717, 1.165) is 18.8 Å². The van der Waals surface area contributed by atoms with Crippen molar-refractivity contribution in [2.24, 2.45) is 11.7 Å². The monoisotopic (exact) mass is 213 g/mol. The quantitative estimate of drug-likeness (QED) is 0.666. The molecule has 1 saturated carbocycles. The fraction of sp³-hybridized carbons (Fsp3) is 0.917. The van der Waals surface area contributed by atoms with Gasteiger partial charge in [0.15, 0.2) is 0 Å². The molecule has 1 aliphatic carbocycles. The van der Waals surface area contributed by atoms with Crippen molar-refractivity contribution in [1.29, 1.82) is 0 Å². The van der Waals surface area contributed by atoms with Gasteiger partial charge in [-0.05, 0) is 12.3 Å². The molecule has 1 atom stereocenters. The molecule has 1 unspecified atom stereocenters. The molecule has 3 nitrogen and oxygen atoms in total. The van der Waals surface area contributed by atoms with E-state index in [1.165, 1.54) is 38.5 Å². The molecule has 0 radical (unpaired) electrons. The first-order valence-corrected chi connectivity index (χ1v) is 6.18. The molecular weight excluding hydrogens is 190 g/mol. The Morgan fingerprint density at radius 3 is 2.53 bits per heavy atom. The Bertz CT molecular complexity index is 188. The van der Waals surface area contributed by atoms with Crippen LogP contribution in [0.15, 0.2) is 0 Å². The maximum Gasteiger partial charge on any atom is 0.320 e. The zero-order chi connectivity index (χ0) is 11.1. The van der Waals surface area contributed by atoms with E-state index >= 15 is 0 Å². The maximum atomic E-state index is 10.5. The molecule has 1 rings (SSSR count). The molecule has 0 amide bonds. The lowest BCUT2D eigenvalue weighted by Gasteiger charge is -2.21. The van der Waals surface area contributed by atoms with Crippen LogP contribution < -0.4 is 5.73 Å². The predicted molar refractivity (Wildman–Crippen MR) is 60.7 cm³/mol. The van der Waals surface area contributed by atoms with Gasteiger partial charge in [-0.1, -0.05) is 51.4 Å². The Hall–Kier alpha value is -0.570. The molecule has 88 valence electrons. The average Bonchev–Trinajstić information content (AvgIpc) is 2.25. The summed E-state index contributed by atoms with van der Waals surface area (Å²) >= 11 is 0. The Morgan fingerprint density at radius 2 is 1.93 bits per heavy atom. The van der Waals surface area contributed by atoms with Gasteiger partial charge in [0.05, 0.1) is 0 Å². The van der Waals surface area contributed by atoms with Gasteiger partial charge in [-0.2, -0.15) is 0 Å². The molecule has 0 saturated heterocycles. The van der Waals surface area contributed by atoms with Gasteiger partial charge in [0.1, 0.15) is 6.04 Å². The normalized spacial score (nSPS) is 20.1. The third-order valence-electron chi connectivity index (χ3n) is 3.42. The van der Waals surface area contributed by atoms with Crippen LogP contribution in [0, 0.1) is 5.92 Å². The Labute approximate surface area is 92.0 Å². The maximum absolute atomic E-state index is 10.5. The van der Waals surface area contributed by atoms with Crippen LogP contribution in [0.4, 0.5) is 0 Å². The van der Waals surface area contributed by atoms with E-state index in [1.807, 2.05) is 0 Å². The summed E-state index contributed by atoms with van der Waals surface area (Å²) in [5, 5.41) is 8.61. The van der Waals surface area contributed by atoms with Crippen LogP contribution in [0.25, 0.3) is 0 Å². The number of hydrogen-bond donors (Lipinski definition) is 2. The first-order valence-electron chi connectivity index (χ1n) is 6.18. The predicted octanol–water partition coefficient (Wildman–Crippen LogP) is 2.54. The zero-order valence-corrected chi connectivity index (χ0v) is 9.45. The van der Waals surface area contributed by atoms with Gasteiger partial charge in [0.25, 0.3) is 0 Å². The summed E-state index contributed by atoms with van der Waals surface area (Å²) in [6.45, 7) is 0. The van der Waals surface area contributed by atoms with Gasteiger partial charge in [-0.15, -0.1) is 0 Å². The van der Waals surface area contributed by atoms with Crippen molar-refractivity contribution in [3.63, 3.8) is 0 Å². The van der Waals surface area contributed by atoms with Crippen molar-refractivity contribution in [3.8, 4) is 0 Å². The molecule has 0 aromatic carbocycles. The molecule has 0 aliphatic heterocycles. The fourth-order valence-corrected chi connectivity index (χ4v) is 2.40. The average molecular weight is 213 g/mol. The van der Waals surface area contributed by atoms with Gasteiger partial charge in [0, 0.05) is 0 Å². The van der Waals surface area contributed by atoms with E-state index in [-0.39, 0.29) is 0 Å². The van der Waals surface area contributed by atoms with Crippen molar-refractivity contribution in [2.45, 2.75) is 63.8 Å². The van der Waals surface area contributed by atoms with Crippen molar-refractivity contribution < 1.29 is 9.90 Å². The summed E-state index contributed by atoms with van der Waals surface area (Å²) < 4.78 is 0. The van der Waals surface area contributed by atoms with E-state index in [9.17, 15) is 4.79 Å². The third-order valence-corrected chi connectivity index (χ3v) is 3.42. The summed E-state index contributed by atoms with van der Waals surface area (Å²) in [6, 6.07) is -0.656. The Morgan fingerprint density at radius 1 is 1.27 bits per heavy atom. The SMILES string of the molecule is NC(CCCCC1CCCCC1)C(=O)O. The number of nitrogens with two attached hydrogens (primary N) is 1. The van der Waals surface area contributed by atoms with Crippen LogP contribution in [-0.2, 0) is 4.79 Å². The van der Waals surface area contributed by atoms with Crippen LogP contribution in [0.5, 0.6) is 0 Å². The summed E-state index contributed by atoms with van der Waals surface area (Å²) in [6.07, 6.45) is 10.9. The summed E-state index contributed by atoms with van der Waals surface area (Å²) in [5.74, 6) is 0.0347. The van der Waals surface area contributed by atoms with Crippen molar-refractivity contribution in [1.82, 2.24) is 0 Å². The van der Waals surface area contributed by atoms with E-state index < -0.39 is 12.0 Å². The highest BCUT2D eigenvalue weighted by Gasteiger charge is 2.14. The molecular formula is C12H23NO2. The topological polar surface area (TPSA) is 63.3 Å². The van der Waals surface area contributed by atoms with Crippen LogP contribution in [-0.4, -0.2) is 17.1 Å². The van der Waals surface area contributed by atoms with E-state index in [4.69, 9.17) is 10.8 Å². The van der Waals surface area contributed by atoms with Gasteiger partial charge in [-0.3, -0.25) is 4.79 Å². The van der Waals surface area contributed by atoms with Crippen LogP contribution in [0.1, 0.15) is 57.8 Å². The highest BCUT2D eigenvalue weighted by atomic mass is 16.4. The summed E-state index contributed by atoms with van der Waals surface area (Å²) in [4.78, 5) is 10.5. The largest absolute Gasteiger partial charge is 0.480 e. The van der Waals surface area contributed by atoms with Gasteiger partial charge < -0.3 is 10.8 Å². The van der Waals surface area contributed by atoms with Crippen LogP contribution in [0.2, 0.25) is 0 Å². The van der Waals surface area contributed by atoms with Crippen LogP contribution >= 0.6 is 0 Å². The van der Waals surface area contributed by atoms with Crippen LogP contribution in [0.3, 0.4) is 0 Å². The second-order valence-corrected chi connectivity index (χ2v) is 4.73. The van der Waals surface area contributed by atoms with E-state index in [0.29, 0.717) is 6.42 Å². The molecule has 0 heterocycles. The molecule has 0 aromatic heterocycles. The lowest BCUT2D eigenvalue weighted by atomic mass is 9.85. The summed E-state index contributed by atoms with van der Waals surface area (Å²) in [7, 11) is 0.